The number of para-hydroxylation sites is 2. The smallest absolute Gasteiger partial charge is 0.0546 e. The molecule has 2 aliphatic rings. The van der Waals surface area contributed by atoms with Gasteiger partial charge < -0.3 is 9.80 Å². The van der Waals surface area contributed by atoms with Gasteiger partial charge in [0.2, 0.25) is 0 Å². The first-order chi connectivity index (χ1) is 25.8. The molecule has 8 aromatic rings. The molecule has 246 valence electrons. The lowest BCUT2D eigenvalue weighted by Crippen LogP contribution is -2.27. The zero-order valence-corrected chi connectivity index (χ0v) is 28.7. The molecule has 8 aromatic carbocycles. The molecule has 52 heavy (non-hydrogen) atoms. The standard InChI is InChI=1S/C50H36N2/c1-3-21-38(22-4-1)51(46-31-15-19-35-17-7-9-25-40(35)46)48-33-37-34-49(43-28-12-14-30-45(43)50(37)44-29-13-11-27-42(44)48)52(39-23-5-2-6-24-39)47-32-16-20-36-18-8-10-26-41(36)47/h1-35,40H. The minimum absolute atomic E-state index is 0.233. The van der Waals surface area contributed by atoms with E-state index in [4.69, 9.17) is 0 Å². The average Bonchev–Trinajstić information content (AvgIpc) is 3.22. The molecule has 0 fully saturated rings. The lowest BCUT2D eigenvalue weighted by atomic mass is 9.81. The van der Waals surface area contributed by atoms with Gasteiger partial charge in [-0.2, -0.15) is 0 Å². The zero-order chi connectivity index (χ0) is 34.4. The van der Waals surface area contributed by atoms with Crippen LogP contribution in [-0.2, 0) is 0 Å². The van der Waals surface area contributed by atoms with Crippen molar-refractivity contribution in [2.45, 2.75) is 0 Å². The van der Waals surface area contributed by atoms with Crippen molar-refractivity contribution in [2.75, 3.05) is 9.80 Å². The second kappa shape index (κ2) is 12.6. The molecular formula is C50H36N2. The van der Waals surface area contributed by atoms with Crippen LogP contribution in [0, 0.1) is 11.8 Å². The molecule has 0 saturated heterocycles. The fourth-order valence-electron chi connectivity index (χ4n) is 8.42. The first kappa shape index (κ1) is 30.2. The van der Waals surface area contributed by atoms with Crippen molar-refractivity contribution in [1.29, 1.82) is 0 Å². The van der Waals surface area contributed by atoms with Gasteiger partial charge in [0, 0.05) is 45.1 Å². The van der Waals surface area contributed by atoms with Crippen LogP contribution in [0.25, 0.3) is 43.1 Å². The van der Waals surface area contributed by atoms with Crippen LogP contribution in [0.3, 0.4) is 0 Å². The van der Waals surface area contributed by atoms with E-state index in [1.807, 2.05) is 0 Å². The molecule has 0 N–H and O–H groups in total. The normalized spacial score (nSPS) is 16.3. The molecule has 2 atom stereocenters. The summed E-state index contributed by atoms with van der Waals surface area (Å²) in [6.07, 6.45) is 15.9. The lowest BCUT2D eigenvalue weighted by molar-refractivity contribution is 0.613. The Labute approximate surface area is 304 Å². The van der Waals surface area contributed by atoms with E-state index in [0.717, 1.165) is 22.7 Å². The van der Waals surface area contributed by atoms with Crippen molar-refractivity contribution in [3.63, 3.8) is 0 Å². The highest BCUT2D eigenvalue weighted by molar-refractivity contribution is 6.26. The number of benzene rings is 8. The van der Waals surface area contributed by atoms with Crippen LogP contribution >= 0.6 is 0 Å². The second-order valence-electron chi connectivity index (χ2n) is 13.7. The summed E-state index contributed by atoms with van der Waals surface area (Å²) in [5.41, 5.74) is 7.03. The Bertz CT molecular complexity index is 2750. The molecule has 2 nitrogen and oxygen atoms in total. The predicted molar refractivity (Wildman–Crippen MR) is 222 cm³/mol. The number of fused-ring (bicyclic) bond motifs is 7. The molecule has 0 spiro atoms. The van der Waals surface area contributed by atoms with Gasteiger partial charge in [-0.05, 0) is 75.5 Å². The molecule has 2 aliphatic carbocycles. The average molecular weight is 665 g/mol. The Morgan fingerprint density at radius 3 is 1.58 bits per heavy atom. The third-order valence-electron chi connectivity index (χ3n) is 10.7. The summed E-state index contributed by atoms with van der Waals surface area (Å²) < 4.78 is 0. The van der Waals surface area contributed by atoms with Crippen LogP contribution in [0.5, 0.6) is 0 Å². The maximum atomic E-state index is 2.50. The fraction of sp³-hybridized carbons (Fsp3) is 0.0400. The maximum Gasteiger partial charge on any atom is 0.0546 e. The Kier molecular flexibility index (Phi) is 7.32. The van der Waals surface area contributed by atoms with E-state index in [2.05, 4.69) is 216 Å². The molecule has 0 aromatic heterocycles. The SMILES string of the molecule is C1=CC2C=CC=C(N(c3ccccc3)c3cc4cc(N(c5ccccc5)c5cccc6ccccc56)c5ccccc5c4c4ccccc34)C2C=C1. The summed E-state index contributed by atoms with van der Waals surface area (Å²) in [6.45, 7) is 0. The van der Waals surface area contributed by atoms with E-state index in [-0.39, 0.29) is 5.92 Å². The van der Waals surface area contributed by atoms with Crippen LogP contribution in [-0.4, -0.2) is 0 Å². The van der Waals surface area contributed by atoms with E-state index in [1.54, 1.807) is 0 Å². The zero-order valence-electron chi connectivity index (χ0n) is 28.7. The number of hydrogen-bond acceptors (Lipinski definition) is 2. The molecule has 0 bridgehead atoms. The topological polar surface area (TPSA) is 6.48 Å². The van der Waals surface area contributed by atoms with Gasteiger partial charge in [-0.3, -0.25) is 0 Å². The Morgan fingerprint density at radius 1 is 0.365 bits per heavy atom. The Hall–Kier alpha value is -6.64. The monoisotopic (exact) mass is 664 g/mol. The summed E-state index contributed by atoms with van der Waals surface area (Å²) in [7, 11) is 0. The molecule has 0 radical (unpaired) electrons. The van der Waals surface area contributed by atoms with Crippen molar-refractivity contribution in [1.82, 2.24) is 0 Å². The maximum absolute atomic E-state index is 2.50. The second-order valence-corrected chi connectivity index (χ2v) is 13.7. The van der Waals surface area contributed by atoms with Crippen molar-refractivity contribution in [2.24, 2.45) is 11.8 Å². The predicted octanol–water partition coefficient (Wildman–Crippen LogP) is 13.7. The molecule has 0 saturated carbocycles. The van der Waals surface area contributed by atoms with Gasteiger partial charge in [0.05, 0.1) is 17.1 Å². The third kappa shape index (κ3) is 4.95. The number of rotatable bonds is 6. The summed E-state index contributed by atoms with van der Waals surface area (Å²) in [6, 6.07) is 59.7. The third-order valence-corrected chi connectivity index (χ3v) is 10.7. The van der Waals surface area contributed by atoms with Gasteiger partial charge >= 0.3 is 0 Å². The molecule has 10 rings (SSSR count). The van der Waals surface area contributed by atoms with Crippen molar-refractivity contribution in [3.8, 4) is 0 Å². The van der Waals surface area contributed by atoms with Crippen molar-refractivity contribution in [3.05, 3.63) is 212 Å². The van der Waals surface area contributed by atoms with Gasteiger partial charge in [-0.1, -0.05) is 158 Å². The Morgan fingerprint density at radius 2 is 0.885 bits per heavy atom. The first-order valence-corrected chi connectivity index (χ1v) is 18.1. The molecular weight excluding hydrogens is 629 g/mol. The van der Waals surface area contributed by atoms with E-state index < -0.39 is 0 Å². The summed E-state index contributed by atoms with van der Waals surface area (Å²) in [5, 5.41) is 9.84. The molecule has 2 heteroatoms. The largest absolute Gasteiger partial charge is 0.313 e. The molecule has 0 amide bonds. The van der Waals surface area contributed by atoms with Crippen LogP contribution in [0.15, 0.2) is 212 Å². The summed E-state index contributed by atoms with van der Waals surface area (Å²) >= 11 is 0. The molecule has 0 heterocycles. The van der Waals surface area contributed by atoms with Crippen LogP contribution < -0.4 is 9.80 Å². The van der Waals surface area contributed by atoms with Gasteiger partial charge in [0.1, 0.15) is 0 Å². The van der Waals surface area contributed by atoms with Crippen LogP contribution in [0.2, 0.25) is 0 Å². The van der Waals surface area contributed by atoms with E-state index >= 15 is 0 Å². The quantitative estimate of drug-likeness (QED) is 0.163. The van der Waals surface area contributed by atoms with Gasteiger partial charge in [-0.25, -0.2) is 0 Å². The summed E-state index contributed by atoms with van der Waals surface area (Å²) in [5.74, 6) is 0.551. The van der Waals surface area contributed by atoms with Gasteiger partial charge in [0.25, 0.3) is 0 Å². The number of anilines is 5. The van der Waals surface area contributed by atoms with Gasteiger partial charge in [0.15, 0.2) is 0 Å². The van der Waals surface area contributed by atoms with Crippen molar-refractivity contribution >= 4 is 71.5 Å². The van der Waals surface area contributed by atoms with E-state index in [9.17, 15) is 0 Å². The highest BCUT2D eigenvalue weighted by Gasteiger charge is 2.30. The Balaban J connectivity index is 1.30. The highest BCUT2D eigenvalue weighted by atomic mass is 15.2. The minimum atomic E-state index is 0.233. The van der Waals surface area contributed by atoms with Crippen LogP contribution in [0.1, 0.15) is 0 Å². The number of hydrogen-bond donors (Lipinski definition) is 0. The van der Waals surface area contributed by atoms with Crippen LogP contribution in [0.4, 0.5) is 28.4 Å². The fourth-order valence-corrected chi connectivity index (χ4v) is 8.42. The molecule has 0 aliphatic heterocycles. The van der Waals surface area contributed by atoms with Crippen molar-refractivity contribution < 1.29 is 0 Å². The van der Waals surface area contributed by atoms with Gasteiger partial charge in [-0.15, -0.1) is 0 Å². The summed E-state index contributed by atoms with van der Waals surface area (Å²) in [4.78, 5) is 4.95. The first-order valence-electron chi connectivity index (χ1n) is 18.1. The number of allylic oxidation sites excluding steroid dienone is 7. The minimum Gasteiger partial charge on any atom is -0.313 e. The molecule has 2 unspecified atom stereocenters. The van der Waals surface area contributed by atoms with E-state index in [0.29, 0.717) is 5.92 Å². The number of nitrogens with zero attached hydrogens (tertiary/aromatic N) is 2. The lowest BCUT2D eigenvalue weighted by Gasteiger charge is -2.37. The van der Waals surface area contributed by atoms with E-state index in [1.165, 1.54) is 54.5 Å². The highest BCUT2D eigenvalue weighted by Crippen LogP contribution is 2.49.